The summed E-state index contributed by atoms with van der Waals surface area (Å²) in [6.07, 6.45) is 0. The van der Waals surface area contributed by atoms with E-state index >= 15 is 0 Å². The van der Waals surface area contributed by atoms with Crippen molar-refractivity contribution in [3.63, 3.8) is 0 Å². The Bertz CT molecular complexity index is 355. The number of rotatable bonds is 5. The number of nitrogens with one attached hydrogen (secondary N) is 2. The molecule has 1 aromatic rings. The van der Waals surface area contributed by atoms with Gasteiger partial charge in [-0.3, -0.25) is 4.79 Å². The predicted octanol–water partition coefficient (Wildman–Crippen LogP) is 1.81. The van der Waals surface area contributed by atoms with Crippen LogP contribution >= 0.6 is 11.6 Å². The molecule has 0 aromatic heterocycles. The Morgan fingerprint density at radius 3 is 2.88 bits per heavy atom. The van der Waals surface area contributed by atoms with E-state index in [0.717, 1.165) is 5.56 Å². The molecular formula is C12H17ClN2O. The first-order valence-corrected chi connectivity index (χ1v) is 5.68. The highest BCUT2D eigenvalue weighted by molar-refractivity contribution is 6.30. The summed E-state index contributed by atoms with van der Waals surface area (Å²) in [5, 5.41) is 6.54. The molecular weight excluding hydrogens is 224 g/mol. The summed E-state index contributed by atoms with van der Waals surface area (Å²) in [6.45, 7) is 3.10. The van der Waals surface area contributed by atoms with E-state index < -0.39 is 0 Å². The molecule has 2 N–H and O–H groups in total. The minimum absolute atomic E-state index is 0.0239. The van der Waals surface area contributed by atoms with E-state index in [0.29, 0.717) is 18.1 Å². The van der Waals surface area contributed by atoms with E-state index in [4.69, 9.17) is 11.6 Å². The Balaban J connectivity index is 2.42. The lowest BCUT2D eigenvalue weighted by Gasteiger charge is -2.11. The van der Waals surface area contributed by atoms with Crippen molar-refractivity contribution in [2.45, 2.75) is 13.5 Å². The number of hydrogen-bond acceptors (Lipinski definition) is 2. The Morgan fingerprint density at radius 1 is 1.50 bits per heavy atom. The Kier molecular flexibility index (Phi) is 5.29. The average molecular weight is 241 g/mol. The molecule has 1 unspecified atom stereocenters. The summed E-state index contributed by atoms with van der Waals surface area (Å²) >= 11 is 5.85. The SMILES string of the molecule is CNCC(C)C(=O)NCc1cccc(Cl)c1. The third-order valence-electron chi connectivity index (χ3n) is 2.31. The maximum Gasteiger partial charge on any atom is 0.224 e. The zero-order valence-corrected chi connectivity index (χ0v) is 10.3. The van der Waals surface area contributed by atoms with Crippen LogP contribution in [0.3, 0.4) is 0 Å². The fourth-order valence-corrected chi connectivity index (χ4v) is 1.62. The number of amides is 1. The lowest BCUT2D eigenvalue weighted by molar-refractivity contribution is -0.124. The van der Waals surface area contributed by atoms with Crippen molar-refractivity contribution in [1.82, 2.24) is 10.6 Å². The zero-order valence-electron chi connectivity index (χ0n) is 9.59. The van der Waals surface area contributed by atoms with Crippen LogP contribution in [0.1, 0.15) is 12.5 Å². The van der Waals surface area contributed by atoms with Crippen LogP contribution in [0.15, 0.2) is 24.3 Å². The van der Waals surface area contributed by atoms with Crippen molar-refractivity contribution in [2.75, 3.05) is 13.6 Å². The Labute approximate surface area is 101 Å². The molecule has 1 atom stereocenters. The van der Waals surface area contributed by atoms with Gasteiger partial charge in [0.15, 0.2) is 0 Å². The largest absolute Gasteiger partial charge is 0.352 e. The van der Waals surface area contributed by atoms with Crippen LogP contribution in [0.25, 0.3) is 0 Å². The summed E-state index contributed by atoms with van der Waals surface area (Å²) < 4.78 is 0. The molecule has 0 radical (unpaired) electrons. The molecule has 1 aromatic carbocycles. The molecule has 0 saturated heterocycles. The summed E-state index contributed by atoms with van der Waals surface area (Å²) in [7, 11) is 1.83. The smallest absolute Gasteiger partial charge is 0.224 e. The molecule has 0 bridgehead atoms. The van der Waals surface area contributed by atoms with Crippen LogP contribution in [0.4, 0.5) is 0 Å². The van der Waals surface area contributed by atoms with Gasteiger partial charge < -0.3 is 10.6 Å². The van der Waals surface area contributed by atoms with Crippen molar-refractivity contribution < 1.29 is 4.79 Å². The molecule has 0 spiro atoms. The van der Waals surface area contributed by atoms with E-state index in [1.807, 2.05) is 38.2 Å². The normalized spacial score (nSPS) is 12.2. The Hall–Kier alpha value is -1.06. The van der Waals surface area contributed by atoms with Crippen LogP contribution in [-0.2, 0) is 11.3 Å². The second kappa shape index (κ2) is 6.51. The van der Waals surface area contributed by atoms with Gasteiger partial charge >= 0.3 is 0 Å². The molecule has 0 aliphatic carbocycles. The molecule has 1 rings (SSSR count). The minimum atomic E-state index is -0.0239. The van der Waals surface area contributed by atoms with Crippen molar-refractivity contribution in [2.24, 2.45) is 5.92 Å². The second-order valence-electron chi connectivity index (χ2n) is 3.81. The monoisotopic (exact) mass is 240 g/mol. The molecule has 1 amide bonds. The van der Waals surface area contributed by atoms with Crippen molar-refractivity contribution in [3.8, 4) is 0 Å². The van der Waals surface area contributed by atoms with Gasteiger partial charge in [0.1, 0.15) is 0 Å². The zero-order chi connectivity index (χ0) is 12.0. The van der Waals surface area contributed by atoms with Crippen LogP contribution in [-0.4, -0.2) is 19.5 Å². The third kappa shape index (κ3) is 4.21. The first kappa shape index (κ1) is 13.0. The molecule has 0 heterocycles. The molecule has 88 valence electrons. The predicted molar refractivity (Wildman–Crippen MR) is 66.4 cm³/mol. The molecule has 4 heteroatoms. The molecule has 0 fully saturated rings. The topological polar surface area (TPSA) is 41.1 Å². The van der Waals surface area contributed by atoms with E-state index in [-0.39, 0.29) is 11.8 Å². The molecule has 3 nitrogen and oxygen atoms in total. The van der Waals surface area contributed by atoms with E-state index in [1.165, 1.54) is 0 Å². The van der Waals surface area contributed by atoms with E-state index in [2.05, 4.69) is 10.6 Å². The van der Waals surface area contributed by atoms with Gasteiger partial charge in [0.25, 0.3) is 0 Å². The molecule has 0 saturated carbocycles. The van der Waals surface area contributed by atoms with Crippen LogP contribution in [0.5, 0.6) is 0 Å². The van der Waals surface area contributed by atoms with Gasteiger partial charge in [0, 0.05) is 24.0 Å². The summed E-state index contributed by atoms with van der Waals surface area (Å²) in [5.41, 5.74) is 1.01. The van der Waals surface area contributed by atoms with Crippen LogP contribution < -0.4 is 10.6 Å². The number of benzene rings is 1. The van der Waals surface area contributed by atoms with Crippen LogP contribution in [0, 0.1) is 5.92 Å². The van der Waals surface area contributed by atoms with Crippen molar-refractivity contribution >= 4 is 17.5 Å². The fourth-order valence-electron chi connectivity index (χ4n) is 1.41. The highest BCUT2D eigenvalue weighted by Gasteiger charge is 2.10. The maximum atomic E-state index is 11.6. The third-order valence-corrected chi connectivity index (χ3v) is 2.55. The fraction of sp³-hybridized carbons (Fsp3) is 0.417. The first-order chi connectivity index (χ1) is 7.63. The highest BCUT2D eigenvalue weighted by Crippen LogP contribution is 2.10. The lowest BCUT2D eigenvalue weighted by Crippen LogP contribution is -2.33. The summed E-state index contributed by atoms with van der Waals surface area (Å²) in [5.74, 6) is 0.0264. The number of hydrogen-bond donors (Lipinski definition) is 2. The first-order valence-electron chi connectivity index (χ1n) is 5.30. The van der Waals surface area contributed by atoms with E-state index in [1.54, 1.807) is 0 Å². The quantitative estimate of drug-likeness (QED) is 0.824. The number of carbonyl (C=O) groups is 1. The Morgan fingerprint density at radius 2 is 2.25 bits per heavy atom. The summed E-state index contributed by atoms with van der Waals surface area (Å²) in [6, 6.07) is 7.48. The van der Waals surface area contributed by atoms with Gasteiger partial charge in [0.05, 0.1) is 0 Å². The minimum Gasteiger partial charge on any atom is -0.352 e. The number of halogens is 1. The number of carbonyl (C=O) groups excluding carboxylic acids is 1. The molecule has 0 aliphatic heterocycles. The highest BCUT2D eigenvalue weighted by atomic mass is 35.5. The van der Waals surface area contributed by atoms with Crippen LogP contribution in [0.2, 0.25) is 5.02 Å². The summed E-state index contributed by atoms with van der Waals surface area (Å²) in [4.78, 5) is 11.6. The second-order valence-corrected chi connectivity index (χ2v) is 4.24. The van der Waals surface area contributed by atoms with Crippen molar-refractivity contribution in [3.05, 3.63) is 34.9 Å². The molecule has 16 heavy (non-hydrogen) atoms. The average Bonchev–Trinajstić information content (AvgIpc) is 2.26. The lowest BCUT2D eigenvalue weighted by atomic mass is 10.1. The molecule has 0 aliphatic rings. The standard InChI is InChI=1S/C12H17ClN2O/c1-9(7-14-2)12(16)15-8-10-4-3-5-11(13)6-10/h3-6,9,14H,7-8H2,1-2H3,(H,15,16). The van der Waals surface area contributed by atoms with Gasteiger partial charge in [-0.05, 0) is 24.7 Å². The van der Waals surface area contributed by atoms with Crippen molar-refractivity contribution in [1.29, 1.82) is 0 Å². The van der Waals surface area contributed by atoms with Gasteiger partial charge in [-0.1, -0.05) is 30.7 Å². The van der Waals surface area contributed by atoms with E-state index in [9.17, 15) is 4.79 Å². The van der Waals surface area contributed by atoms with Gasteiger partial charge in [-0.2, -0.15) is 0 Å². The van der Waals surface area contributed by atoms with Gasteiger partial charge in [-0.15, -0.1) is 0 Å². The van der Waals surface area contributed by atoms with Gasteiger partial charge in [-0.25, -0.2) is 0 Å². The van der Waals surface area contributed by atoms with Gasteiger partial charge in [0.2, 0.25) is 5.91 Å². The maximum absolute atomic E-state index is 11.6.